The predicted molar refractivity (Wildman–Crippen MR) is 80.4 cm³/mol. The summed E-state index contributed by atoms with van der Waals surface area (Å²) >= 11 is 0. The van der Waals surface area contributed by atoms with Gasteiger partial charge in [0.15, 0.2) is 0 Å². The zero-order chi connectivity index (χ0) is 14.5. The summed E-state index contributed by atoms with van der Waals surface area (Å²) < 4.78 is 0. The highest BCUT2D eigenvalue weighted by atomic mass is 16.2. The SMILES string of the molecule is CC(N)CCNC(=O)Nc1ccc(C(C)(C)C)cc1. The molecular weight excluding hydrogens is 238 g/mol. The van der Waals surface area contributed by atoms with Crippen molar-refractivity contribution >= 4 is 11.7 Å². The van der Waals surface area contributed by atoms with Crippen molar-refractivity contribution in [3.8, 4) is 0 Å². The van der Waals surface area contributed by atoms with Crippen LogP contribution >= 0.6 is 0 Å². The first-order valence-electron chi connectivity index (χ1n) is 6.70. The molecule has 0 bridgehead atoms. The number of amides is 2. The average molecular weight is 263 g/mol. The largest absolute Gasteiger partial charge is 0.338 e. The zero-order valence-electron chi connectivity index (χ0n) is 12.3. The number of anilines is 1. The second kappa shape index (κ2) is 6.57. The topological polar surface area (TPSA) is 67.1 Å². The van der Waals surface area contributed by atoms with E-state index in [0.717, 1.165) is 12.1 Å². The summed E-state index contributed by atoms with van der Waals surface area (Å²) in [5.41, 5.74) is 7.78. The number of carbonyl (C=O) groups is 1. The van der Waals surface area contributed by atoms with E-state index in [4.69, 9.17) is 5.73 Å². The molecule has 1 unspecified atom stereocenters. The summed E-state index contributed by atoms with van der Waals surface area (Å²) in [4.78, 5) is 11.6. The van der Waals surface area contributed by atoms with E-state index in [9.17, 15) is 4.79 Å². The smallest absolute Gasteiger partial charge is 0.319 e. The van der Waals surface area contributed by atoms with E-state index in [2.05, 4.69) is 31.4 Å². The van der Waals surface area contributed by atoms with Crippen molar-refractivity contribution in [2.75, 3.05) is 11.9 Å². The van der Waals surface area contributed by atoms with Crippen molar-refractivity contribution in [1.29, 1.82) is 0 Å². The molecule has 0 radical (unpaired) electrons. The molecule has 0 saturated carbocycles. The van der Waals surface area contributed by atoms with Gasteiger partial charge in [0.25, 0.3) is 0 Å². The van der Waals surface area contributed by atoms with Crippen molar-refractivity contribution in [2.45, 2.75) is 45.6 Å². The van der Waals surface area contributed by atoms with Gasteiger partial charge in [-0.05, 0) is 36.5 Å². The maximum absolute atomic E-state index is 11.6. The van der Waals surface area contributed by atoms with Crippen molar-refractivity contribution in [3.05, 3.63) is 29.8 Å². The number of nitrogens with one attached hydrogen (secondary N) is 2. The van der Waals surface area contributed by atoms with Gasteiger partial charge in [-0.1, -0.05) is 32.9 Å². The lowest BCUT2D eigenvalue weighted by Crippen LogP contribution is -2.32. The van der Waals surface area contributed by atoms with Crippen LogP contribution in [-0.4, -0.2) is 18.6 Å². The Kier molecular flexibility index (Phi) is 5.36. The van der Waals surface area contributed by atoms with E-state index in [-0.39, 0.29) is 17.5 Å². The van der Waals surface area contributed by atoms with Gasteiger partial charge >= 0.3 is 6.03 Å². The molecule has 0 spiro atoms. The lowest BCUT2D eigenvalue weighted by atomic mass is 9.87. The fraction of sp³-hybridized carbons (Fsp3) is 0.533. The van der Waals surface area contributed by atoms with Crippen LogP contribution in [0.2, 0.25) is 0 Å². The van der Waals surface area contributed by atoms with E-state index < -0.39 is 0 Å². The van der Waals surface area contributed by atoms with Crippen LogP contribution in [0.15, 0.2) is 24.3 Å². The van der Waals surface area contributed by atoms with Crippen LogP contribution < -0.4 is 16.4 Å². The van der Waals surface area contributed by atoms with Crippen molar-refractivity contribution in [2.24, 2.45) is 5.73 Å². The van der Waals surface area contributed by atoms with Crippen LogP contribution in [0.25, 0.3) is 0 Å². The standard InChI is InChI=1S/C15H25N3O/c1-11(16)9-10-17-14(19)18-13-7-5-12(6-8-13)15(2,3)4/h5-8,11H,9-10,16H2,1-4H3,(H2,17,18,19). The molecular formula is C15H25N3O. The van der Waals surface area contributed by atoms with E-state index in [1.54, 1.807) is 0 Å². The van der Waals surface area contributed by atoms with Gasteiger partial charge < -0.3 is 16.4 Å². The number of rotatable bonds is 4. The molecule has 0 aromatic heterocycles. The lowest BCUT2D eigenvalue weighted by molar-refractivity contribution is 0.252. The third-order valence-electron chi connectivity index (χ3n) is 2.89. The van der Waals surface area contributed by atoms with Crippen LogP contribution in [0.3, 0.4) is 0 Å². The summed E-state index contributed by atoms with van der Waals surface area (Å²) in [6.07, 6.45) is 0.774. The Bertz CT molecular complexity index is 404. The van der Waals surface area contributed by atoms with Gasteiger partial charge in [-0.15, -0.1) is 0 Å². The Labute approximate surface area is 115 Å². The molecule has 1 aromatic rings. The molecule has 0 fully saturated rings. The summed E-state index contributed by atoms with van der Waals surface area (Å²) in [6, 6.07) is 7.84. The van der Waals surface area contributed by atoms with Gasteiger partial charge in [0.2, 0.25) is 0 Å². The van der Waals surface area contributed by atoms with E-state index >= 15 is 0 Å². The van der Waals surface area contributed by atoms with Gasteiger partial charge in [-0.25, -0.2) is 4.79 Å². The molecule has 0 saturated heterocycles. The molecule has 2 amide bonds. The van der Waals surface area contributed by atoms with Crippen LogP contribution in [-0.2, 0) is 5.41 Å². The second-order valence-corrected chi connectivity index (χ2v) is 5.97. The Hall–Kier alpha value is -1.55. The molecule has 4 N–H and O–H groups in total. The maximum atomic E-state index is 11.6. The number of hydrogen-bond acceptors (Lipinski definition) is 2. The van der Waals surface area contributed by atoms with Gasteiger partial charge in [0, 0.05) is 18.3 Å². The molecule has 19 heavy (non-hydrogen) atoms. The van der Waals surface area contributed by atoms with E-state index in [1.807, 2.05) is 31.2 Å². The molecule has 106 valence electrons. The fourth-order valence-electron chi connectivity index (χ4n) is 1.64. The van der Waals surface area contributed by atoms with E-state index in [0.29, 0.717) is 6.54 Å². The highest BCUT2D eigenvalue weighted by Crippen LogP contribution is 2.23. The highest BCUT2D eigenvalue weighted by Gasteiger charge is 2.13. The Morgan fingerprint density at radius 3 is 2.32 bits per heavy atom. The molecule has 0 aliphatic rings. The monoisotopic (exact) mass is 263 g/mol. The second-order valence-electron chi connectivity index (χ2n) is 5.97. The first-order valence-corrected chi connectivity index (χ1v) is 6.70. The molecule has 1 aromatic carbocycles. The van der Waals surface area contributed by atoms with E-state index in [1.165, 1.54) is 5.56 Å². The fourth-order valence-corrected chi connectivity index (χ4v) is 1.64. The number of nitrogens with two attached hydrogens (primary N) is 1. The third-order valence-corrected chi connectivity index (χ3v) is 2.89. The molecule has 0 aliphatic heterocycles. The minimum Gasteiger partial charge on any atom is -0.338 e. The maximum Gasteiger partial charge on any atom is 0.319 e. The van der Waals surface area contributed by atoms with Crippen LogP contribution in [0, 0.1) is 0 Å². The third kappa shape index (κ3) is 5.75. The van der Waals surface area contributed by atoms with Crippen LogP contribution in [0.5, 0.6) is 0 Å². The number of hydrogen-bond donors (Lipinski definition) is 3. The van der Waals surface area contributed by atoms with Gasteiger partial charge in [-0.3, -0.25) is 0 Å². The van der Waals surface area contributed by atoms with Crippen molar-refractivity contribution in [1.82, 2.24) is 5.32 Å². The molecule has 1 atom stereocenters. The highest BCUT2D eigenvalue weighted by molar-refractivity contribution is 5.89. The first kappa shape index (κ1) is 15.5. The van der Waals surface area contributed by atoms with Crippen molar-refractivity contribution in [3.63, 3.8) is 0 Å². The normalized spacial score (nSPS) is 12.9. The van der Waals surface area contributed by atoms with Crippen molar-refractivity contribution < 1.29 is 4.79 Å². The molecule has 4 heteroatoms. The average Bonchev–Trinajstić information content (AvgIpc) is 2.27. The lowest BCUT2D eigenvalue weighted by Gasteiger charge is -2.19. The number of urea groups is 1. The summed E-state index contributed by atoms with van der Waals surface area (Å²) in [7, 11) is 0. The number of benzene rings is 1. The molecule has 1 rings (SSSR count). The van der Waals surface area contributed by atoms with Gasteiger partial charge in [0.1, 0.15) is 0 Å². The Morgan fingerprint density at radius 2 is 1.84 bits per heavy atom. The van der Waals surface area contributed by atoms with Crippen LogP contribution in [0.4, 0.5) is 10.5 Å². The predicted octanol–water partition coefficient (Wildman–Crippen LogP) is 2.84. The molecule has 0 heterocycles. The summed E-state index contributed by atoms with van der Waals surface area (Å²) in [5, 5.41) is 5.58. The molecule has 4 nitrogen and oxygen atoms in total. The van der Waals surface area contributed by atoms with Gasteiger partial charge in [0.05, 0.1) is 0 Å². The zero-order valence-corrected chi connectivity index (χ0v) is 12.3. The summed E-state index contributed by atoms with van der Waals surface area (Å²) in [5.74, 6) is 0. The number of carbonyl (C=O) groups excluding carboxylic acids is 1. The minimum absolute atomic E-state index is 0.103. The van der Waals surface area contributed by atoms with Gasteiger partial charge in [-0.2, -0.15) is 0 Å². The van der Waals surface area contributed by atoms with Crippen LogP contribution in [0.1, 0.15) is 39.7 Å². The minimum atomic E-state index is -0.191. The Balaban J connectivity index is 2.47. The molecule has 0 aliphatic carbocycles. The quantitative estimate of drug-likeness (QED) is 0.782. The Morgan fingerprint density at radius 1 is 1.26 bits per heavy atom. The summed E-state index contributed by atoms with van der Waals surface area (Å²) in [6.45, 7) is 9.00. The first-order chi connectivity index (χ1) is 8.79.